The molecule has 23 heavy (non-hydrogen) atoms. The van der Waals surface area contributed by atoms with Crippen LogP contribution in [0.25, 0.3) is 22.2 Å². The zero-order chi connectivity index (χ0) is 16.2. The standard InChI is InChI=1S/C19H17BrN2O/c1-2-3-11-23-22-18-12-15(20)9-10-16(18)17(13-21)19(22)14-7-5-4-6-8-14/h4-10,12H,2-3,11H2,1H3. The highest BCUT2D eigenvalue weighted by Crippen LogP contribution is 2.34. The van der Waals surface area contributed by atoms with Crippen LogP contribution in [0.3, 0.4) is 0 Å². The van der Waals surface area contributed by atoms with Crippen molar-refractivity contribution in [2.24, 2.45) is 0 Å². The van der Waals surface area contributed by atoms with Crippen LogP contribution in [0.1, 0.15) is 25.3 Å². The Morgan fingerprint density at radius 1 is 1.17 bits per heavy atom. The Labute approximate surface area is 144 Å². The summed E-state index contributed by atoms with van der Waals surface area (Å²) in [5.74, 6) is 0. The molecule has 0 fully saturated rings. The molecule has 3 aromatic rings. The number of hydrogen-bond donors (Lipinski definition) is 0. The highest BCUT2D eigenvalue weighted by molar-refractivity contribution is 9.10. The van der Waals surface area contributed by atoms with Crippen molar-refractivity contribution in [1.82, 2.24) is 4.73 Å². The van der Waals surface area contributed by atoms with Gasteiger partial charge in [-0.25, -0.2) is 0 Å². The van der Waals surface area contributed by atoms with Crippen molar-refractivity contribution in [1.29, 1.82) is 5.26 Å². The fraction of sp³-hybridized carbons (Fsp3) is 0.211. The lowest BCUT2D eigenvalue weighted by Gasteiger charge is -2.12. The maximum atomic E-state index is 9.70. The fourth-order valence-corrected chi connectivity index (χ4v) is 2.99. The van der Waals surface area contributed by atoms with Gasteiger partial charge < -0.3 is 4.84 Å². The molecule has 0 aliphatic carbocycles. The van der Waals surface area contributed by atoms with E-state index >= 15 is 0 Å². The van der Waals surface area contributed by atoms with E-state index in [2.05, 4.69) is 28.9 Å². The first-order valence-electron chi connectivity index (χ1n) is 7.69. The largest absolute Gasteiger partial charge is 0.413 e. The van der Waals surface area contributed by atoms with Crippen LogP contribution in [-0.2, 0) is 0 Å². The first-order valence-corrected chi connectivity index (χ1v) is 8.48. The zero-order valence-corrected chi connectivity index (χ0v) is 14.5. The third-order valence-corrected chi connectivity index (χ3v) is 4.26. The SMILES string of the molecule is CCCCOn1c(-c2ccccc2)c(C#N)c2ccc(Br)cc21. The van der Waals surface area contributed by atoms with E-state index in [0.29, 0.717) is 12.2 Å². The van der Waals surface area contributed by atoms with Crippen molar-refractivity contribution in [3.63, 3.8) is 0 Å². The molecule has 0 atom stereocenters. The van der Waals surface area contributed by atoms with E-state index in [0.717, 1.165) is 39.5 Å². The summed E-state index contributed by atoms with van der Waals surface area (Å²) in [6.45, 7) is 2.75. The molecule has 116 valence electrons. The molecule has 0 aliphatic rings. The van der Waals surface area contributed by atoms with Gasteiger partial charge in [0.05, 0.1) is 11.1 Å². The summed E-state index contributed by atoms with van der Waals surface area (Å²) >= 11 is 3.51. The Hall–Kier alpha value is -2.25. The highest BCUT2D eigenvalue weighted by atomic mass is 79.9. The number of rotatable bonds is 5. The zero-order valence-electron chi connectivity index (χ0n) is 12.9. The topological polar surface area (TPSA) is 38.0 Å². The van der Waals surface area contributed by atoms with Crippen LogP contribution in [0.15, 0.2) is 53.0 Å². The number of hydrogen-bond acceptors (Lipinski definition) is 2. The van der Waals surface area contributed by atoms with Gasteiger partial charge in [-0.1, -0.05) is 65.7 Å². The summed E-state index contributed by atoms with van der Waals surface area (Å²) in [6.07, 6.45) is 2.04. The minimum atomic E-state index is 0.623. The lowest BCUT2D eigenvalue weighted by molar-refractivity contribution is 0.121. The molecule has 4 heteroatoms. The summed E-state index contributed by atoms with van der Waals surface area (Å²) in [4.78, 5) is 6.03. The minimum absolute atomic E-state index is 0.623. The predicted molar refractivity (Wildman–Crippen MR) is 96.1 cm³/mol. The number of nitrogens with zero attached hydrogens (tertiary/aromatic N) is 2. The number of fused-ring (bicyclic) bond motifs is 1. The minimum Gasteiger partial charge on any atom is -0.413 e. The van der Waals surface area contributed by atoms with Gasteiger partial charge in [0.1, 0.15) is 18.4 Å². The molecule has 0 bridgehead atoms. The monoisotopic (exact) mass is 368 g/mol. The van der Waals surface area contributed by atoms with Gasteiger partial charge in [-0.15, -0.1) is 0 Å². The van der Waals surface area contributed by atoms with Gasteiger partial charge in [-0.05, 0) is 18.6 Å². The molecule has 3 rings (SSSR count). The van der Waals surface area contributed by atoms with Crippen molar-refractivity contribution in [2.45, 2.75) is 19.8 Å². The molecule has 2 aromatic carbocycles. The summed E-state index contributed by atoms with van der Waals surface area (Å²) < 4.78 is 2.77. The van der Waals surface area contributed by atoms with E-state index in [9.17, 15) is 5.26 Å². The summed E-state index contributed by atoms with van der Waals surface area (Å²) in [6, 6.07) is 18.2. The third kappa shape index (κ3) is 2.97. The summed E-state index contributed by atoms with van der Waals surface area (Å²) in [5, 5.41) is 10.6. The van der Waals surface area contributed by atoms with Gasteiger partial charge in [0.2, 0.25) is 0 Å². The third-order valence-electron chi connectivity index (χ3n) is 3.77. The number of aromatic nitrogens is 1. The van der Waals surface area contributed by atoms with Gasteiger partial charge in [0.25, 0.3) is 0 Å². The molecule has 0 radical (unpaired) electrons. The Kier molecular flexibility index (Phi) is 4.68. The first kappa shape index (κ1) is 15.6. The normalized spacial score (nSPS) is 10.7. The van der Waals surface area contributed by atoms with E-state index in [1.165, 1.54) is 0 Å². The van der Waals surface area contributed by atoms with E-state index in [-0.39, 0.29) is 0 Å². The van der Waals surface area contributed by atoms with Crippen LogP contribution in [0, 0.1) is 11.3 Å². The highest BCUT2D eigenvalue weighted by Gasteiger charge is 2.19. The van der Waals surface area contributed by atoms with Gasteiger partial charge >= 0.3 is 0 Å². The maximum absolute atomic E-state index is 9.70. The van der Waals surface area contributed by atoms with E-state index in [4.69, 9.17) is 4.84 Å². The smallest absolute Gasteiger partial charge is 0.115 e. The summed E-state index contributed by atoms with van der Waals surface area (Å²) in [5.41, 5.74) is 3.35. The Morgan fingerprint density at radius 2 is 1.96 bits per heavy atom. The predicted octanol–water partition coefficient (Wildman–Crippen LogP) is 5.17. The van der Waals surface area contributed by atoms with Gasteiger partial charge in [-0.2, -0.15) is 9.99 Å². The average Bonchev–Trinajstić information content (AvgIpc) is 2.89. The second-order valence-electron chi connectivity index (χ2n) is 5.34. The number of unbranched alkanes of at least 4 members (excludes halogenated alkanes) is 1. The lowest BCUT2D eigenvalue weighted by atomic mass is 10.1. The second kappa shape index (κ2) is 6.89. The molecule has 3 nitrogen and oxygen atoms in total. The van der Waals surface area contributed by atoms with E-state index in [1.54, 1.807) is 0 Å². The molecule has 0 aliphatic heterocycles. The van der Waals surface area contributed by atoms with Crippen LogP contribution in [0.5, 0.6) is 0 Å². The van der Waals surface area contributed by atoms with E-state index < -0.39 is 0 Å². The molecule has 1 heterocycles. The Morgan fingerprint density at radius 3 is 2.65 bits per heavy atom. The molecular weight excluding hydrogens is 352 g/mol. The Bertz CT molecular complexity index is 862. The molecule has 0 saturated heterocycles. The molecule has 0 spiro atoms. The van der Waals surface area contributed by atoms with Crippen LogP contribution < -0.4 is 4.84 Å². The number of halogens is 1. The Balaban J connectivity index is 2.26. The molecule has 0 N–H and O–H groups in total. The molecular formula is C19H17BrN2O. The van der Waals surface area contributed by atoms with Crippen molar-refractivity contribution in [2.75, 3.05) is 6.61 Å². The van der Waals surface area contributed by atoms with Crippen molar-refractivity contribution < 1.29 is 4.84 Å². The molecule has 0 amide bonds. The van der Waals surface area contributed by atoms with E-state index in [1.807, 2.05) is 53.3 Å². The lowest BCUT2D eigenvalue weighted by Crippen LogP contribution is -2.14. The van der Waals surface area contributed by atoms with Gasteiger partial charge in [-0.3, -0.25) is 0 Å². The molecule has 1 aromatic heterocycles. The summed E-state index contributed by atoms with van der Waals surface area (Å²) in [7, 11) is 0. The first-order chi connectivity index (χ1) is 11.3. The van der Waals surface area contributed by atoms with Gasteiger partial charge in [0, 0.05) is 15.4 Å². The van der Waals surface area contributed by atoms with Crippen LogP contribution in [-0.4, -0.2) is 11.3 Å². The van der Waals surface area contributed by atoms with Gasteiger partial charge in [0.15, 0.2) is 0 Å². The van der Waals surface area contributed by atoms with Crippen LogP contribution >= 0.6 is 15.9 Å². The quantitative estimate of drug-likeness (QED) is 0.582. The number of benzene rings is 2. The molecule has 0 unspecified atom stereocenters. The number of nitriles is 1. The van der Waals surface area contributed by atoms with Crippen molar-refractivity contribution >= 4 is 26.8 Å². The van der Waals surface area contributed by atoms with Crippen molar-refractivity contribution in [3.8, 4) is 17.3 Å². The average molecular weight is 369 g/mol. The van der Waals surface area contributed by atoms with Crippen LogP contribution in [0.2, 0.25) is 0 Å². The maximum Gasteiger partial charge on any atom is 0.115 e. The van der Waals surface area contributed by atoms with Crippen molar-refractivity contribution in [3.05, 3.63) is 58.6 Å². The second-order valence-corrected chi connectivity index (χ2v) is 6.26. The van der Waals surface area contributed by atoms with Crippen LogP contribution in [0.4, 0.5) is 0 Å². The fourth-order valence-electron chi connectivity index (χ4n) is 2.64. The molecule has 0 saturated carbocycles.